The first-order chi connectivity index (χ1) is 16.2. The molecule has 1 aliphatic heterocycles. The number of benzene rings is 2. The molecule has 0 unspecified atom stereocenters. The van der Waals surface area contributed by atoms with Crippen molar-refractivity contribution in [2.24, 2.45) is 0 Å². The summed E-state index contributed by atoms with van der Waals surface area (Å²) in [5.74, 6) is 0.229. The van der Waals surface area contributed by atoms with E-state index in [1.807, 2.05) is 76.3 Å². The normalized spacial score (nSPS) is 15.2. The Balaban J connectivity index is 1.57. The summed E-state index contributed by atoms with van der Waals surface area (Å²) in [6.45, 7) is 5.05. The average Bonchev–Trinajstić information content (AvgIpc) is 3.35. The minimum absolute atomic E-state index is 0.0781. The Morgan fingerprint density at radius 3 is 2.29 bits per heavy atom. The summed E-state index contributed by atoms with van der Waals surface area (Å²) in [7, 11) is 5.86. The first kappa shape index (κ1) is 23.5. The second-order valence-electron chi connectivity index (χ2n) is 9.47. The predicted octanol–water partition coefficient (Wildman–Crippen LogP) is 4.07. The first-order valence-corrected chi connectivity index (χ1v) is 11.4. The third-order valence-electron chi connectivity index (χ3n) is 6.46. The molecule has 1 atom stereocenters. The lowest BCUT2D eigenvalue weighted by Crippen LogP contribution is -2.49. The Hall–Kier alpha value is -3.65. The lowest BCUT2D eigenvalue weighted by atomic mass is 10.0. The number of hydrogen-bond donors (Lipinski definition) is 2. The highest BCUT2D eigenvalue weighted by molar-refractivity contribution is 6.04. The van der Waals surface area contributed by atoms with Gasteiger partial charge in [0.2, 0.25) is 0 Å². The van der Waals surface area contributed by atoms with E-state index in [0.717, 1.165) is 16.8 Å². The quantitative estimate of drug-likeness (QED) is 0.581. The van der Waals surface area contributed by atoms with E-state index in [9.17, 15) is 9.59 Å². The number of carbonyl (C=O) groups excluding carboxylic acids is 2. The van der Waals surface area contributed by atoms with E-state index in [-0.39, 0.29) is 18.0 Å². The van der Waals surface area contributed by atoms with Crippen molar-refractivity contribution in [1.82, 2.24) is 24.9 Å². The second-order valence-corrected chi connectivity index (χ2v) is 9.47. The number of H-pyrrole nitrogens is 1. The van der Waals surface area contributed by atoms with E-state index < -0.39 is 5.54 Å². The molecule has 0 bridgehead atoms. The van der Waals surface area contributed by atoms with Gasteiger partial charge in [0, 0.05) is 24.7 Å². The van der Waals surface area contributed by atoms with Crippen molar-refractivity contribution in [2.45, 2.75) is 32.0 Å². The van der Waals surface area contributed by atoms with Gasteiger partial charge in [-0.25, -0.2) is 4.79 Å². The maximum absolute atomic E-state index is 13.8. The van der Waals surface area contributed by atoms with E-state index in [1.54, 1.807) is 17.0 Å². The molecule has 0 saturated heterocycles. The van der Waals surface area contributed by atoms with Gasteiger partial charge in [-0.15, -0.1) is 0 Å². The van der Waals surface area contributed by atoms with Gasteiger partial charge < -0.3 is 20.0 Å². The number of carbonyl (C=O) groups is 2. The van der Waals surface area contributed by atoms with Crippen molar-refractivity contribution >= 4 is 17.8 Å². The van der Waals surface area contributed by atoms with Crippen LogP contribution in [0.4, 0.5) is 10.6 Å². The van der Waals surface area contributed by atoms with Crippen LogP contribution in [0.1, 0.15) is 47.1 Å². The molecule has 34 heavy (non-hydrogen) atoms. The Bertz CT molecular complexity index is 1160. The highest BCUT2D eigenvalue weighted by Crippen LogP contribution is 2.41. The standard InChI is InChI=1S/C26H32N6O2/c1-26(2)22-20(23(29-28-22)27-24(33)19-14-10-7-11-15-19)16-32(26)25(34)31(5)21(17-30(3)4)18-12-8-6-9-13-18/h6-15,21H,16-17H2,1-5H3,(H2,27,28,29,33)/t21-/m1/s1. The summed E-state index contributed by atoms with van der Waals surface area (Å²) >= 11 is 0. The number of nitrogens with zero attached hydrogens (tertiary/aromatic N) is 4. The lowest BCUT2D eigenvalue weighted by molar-refractivity contribution is 0.0965. The molecule has 0 aliphatic carbocycles. The number of anilines is 1. The van der Waals surface area contributed by atoms with E-state index in [2.05, 4.69) is 32.5 Å². The molecule has 8 nitrogen and oxygen atoms in total. The lowest BCUT2D eigenvalue weighted by Gasteiger charge is -2.38. The fraction of sp³-hybridized carbons (Fsp3) is 0.346. The first-order valence-electron chi connectivity index (χ1n) is 11.4. The Labute approximate surface area is 200 Å². The van der Waals surface area contributed by atoms with Crippen LogP contribution in [0.25, 0.3) is 0 Å². The van der Waals surface area contributed by atoms with Crippen LogP contribution in [0.2, 0.25) is 0 Å². The van der Waals surface area contributed by atoms with Gasteiger partial charge >= 0.3 is 6.03 Å². The highest BCUT2D eigenvalue weighted by atomic mass is 16.2. The zero-order chi connectivity index (χ0) is 24.5. The van der Waals surface area contributed by atoms with Crippen LogP contribution in [0, 0.1) is 0 Å². The van der Waals surface area contributed by atoms with E-state index in [4.69, 9.17) is 0 Å². The predicted molar refractivity (Wildman–Crippen MR) is 132 cm³/mol. The smallest absolute Gasteiger partial charge is 0.319 e. The number of nitrogens with one attached hydrogen (secondary N) is 2. The fourth-order valence-electron chi connectivity index (χ4n) is 4.49. The van der Waals surface area contributed by atoms with Crippen LogP contribution in [-0.2, 0) is 12.1 Å². The van der Waals surface area contributed by atoms with Gasteiger partial charge in [0.25, 0.3) is 5.91 Å². The molecule has 3 aromatic rings. The van der Waals surface area contributed by atoms with Gasteiger partial charge in [0.05, 0.1) is 23.8 Å². The minimum atomic E-state index is -0.608. The number of aromatic amines is 1. The molecule has 3 amide bonds. The fourth-order valence-corrected chi connectivity index (χ4v) is 4.49. The van der Waals surface area contributed by atoms with Gasteiger partial charge in [0.15, 0.2) is 5.82 Å². The molecule has 2 aromatic carbocycles. The Morgan fingerprint density at radius 1 is 1.06 bits per heavy atom. The van der Waals surface area contributed by atoms with E-state index in [0.29, 0.717) is 24.5 Å². The maximum atomic E-state index is 13.8. The number of aromatic nitrogens is 2. The van der Waals surface area contributed by atoms with Gasteiger partial charge in [-0.2, -0.15) is 5.10 Å². The maximum Gasteiger partial charge on any atom is 0.321 e. The highest BCUT2D eigenvalue weighted by Gasteiger charge is 2.45. The molecule has 0 fully saturated rings. The third-order valence-corrected chi connectivity index (χ3v) is 6.46. The molecular weight excluding hydrogens is 428 g/mol. The Kier molecular flexibility index (Phi) is 6.43. The van der Waals surface area contributed by atoms with Gasteiger partial charge in [-0.05, 0) is 45.6 Å². The molecule has 0 saturated carbocycles. The van der Waals surface area contributed by atoms with Crippen LogP contribution in [0.15, 0.2) is 60.7 Å². The van der Waals surface area contributed by atoms with Gasteiger partial charge in [-0.1, -0.05) is 48.5 Å². The van der Waals surface area contributed by atoms with Crippen LogP contribution in [-0.4, -0.2) is 64.5 Å². The largest absolute Gasteiger partial charge is 0.321 e. The van der Waals surface area contributed by atoms with Crippen molar-refractivity contribution in [2.75, 3.05) is 33.0 Å². The van der Waals surface area contributed by atoms with Gasteiger partial charge in [-0.3, -0.25) is 9.89 Å². The molecule has 1 aliphatic rings. The number of rotatable bonds is 6. The summed E-state index contributed by atoms with van der Waals surface area (Å²) in [5, 5.41) is 10.3. The molecule has 1 aromatic heterocycles. The molecule has 4 rings (SSSR count). The van der Waals surface area contributed by atoms with Gasteiger partial charge in [0.1, 0.15) is 0 Å². The summed E-state index contributed by atoms with van der Waals surface area (Å²) in [5.41, 5.74) is 2.70. The molecule has 2 N–H and O–H groups in total. The third kappa shape index (κ3) is 4.41. The van der Waals surface area contributed by atoms with Crippen molar-refractivity contribution in [3.63, 3.8) is 0 Å². The summed E-state index contributed by atoms with van der Waals surface area (Å²) in [4.78, 5) is 32.2. The number of likely N-dealkylation sites (N-methyl/N-ethyl adjacent to an activating group) is 2. The molecule has 178 valence electrons. The zero-order valence-electron chi connectivity index (χ0n) is 20.4. The number of urea groups is 1. The van der Waals surface area contributed by atoms with E-state index >= 15 is 0 Å². The molecule has 0 radical (unpaired) electrons. The summed E-state index contributed by atoms with van der Waals surface area (Å²) < 4.78 is 0. The van der Waals surface area contributed by atoms with Crippen LogP contribution < -0.4 is 5.32 Å². The van der Waals surface area contributed by atoms with Crippen LogP contribution in [0.5, 0.6) is 0 Å². The number of amides is 3. The zero-order valence-corrected chi connectivity index (χ0v) is 20.4. The van der Waals surface area contributed by atoms with Crippen LogP contribution >= 0.6 is 0 Å². The van der Waals surface area contributed by atoms with Crippen LogP contribution in [0.3, 0.4) is 0 Å². The molecule has 2 heterocycles. The molecule has 8 heteroatoms. The molecular formula is C26H32N6O2. The van der Waals surface area contributed by atoms with Crippen molar-refractivity contribution in [3.8, 4) is 0 Å². The van der Waals surface area contributed by atoms with Crippen molar-refractivity contribution < 1.29 is 9.59 Å². The SMILES string of the molecule is CN(C)C[C@H](c1ccccc1)N(C)C(=O)N1Cc2c(NC(=O)c3ccccc3)n[nH]c2C1(C)C. The average molecular weight is 461 g/mol. The molecule has 0 spiro atoms. The Morgan fingerprint density at radius 2 is 1.68 bits per heavy atom. The topological polar surface area (TPSA) is 84.6 Å². The van der Waals surface area contributed by atoms with E-state index in [1.165, 1.54) is 0 Å². The van der Waals surface area contributed by atoms with Crippen molar-refractivity contribution in [1.29, 1.82) is 0 Å². The minimum Gasteiger partial charge on any atom is -0.319 e. The monoisotopic (exact) mass is 460 g/mol. The number of hydrogen-bond acceptors (Lipinski definition) is 4. The number of fused-ring (bicyclic) bond motifs is 1. The second kappa shape index (κ2) is 9.30. The van der Waals surface area contributed by atoms with Crippen molar-refractivity contribution in [3.05, 3.63) is 83.0 Å². The summed E-state index contributed by atoms with van der Waals surface area (Å²) in [6.07, 6.45) is 0. The summed E-state index contributed by atoms with van der Waals surface area (Å²) in [6, 6.07) is 18.9.